The lowest BCUT2D eigenvalue weighted by Gasteiger charge is -2.11. The van der Waals surface area contributed by atoms with Crippen LogP contribution < -0.4 is 9.47 Å². The van der Waals surface area contributed by atoms with E-state index in [0.29, 0.717) is 22.1 Å². The third-order valence-electron chi connectivity index (χ3n) is 4.37. The number of hydrogen-bond acceptors (Lipinski definition) is 5. The molecule has 0 aliphatic heterocycles. The number of nitro benzene ring substituents is 1. The summed E-state index contributed by atoms with van der Waals surface area (Å²) in [5, 5.41) is 11.5. The molecule has 0 heterocycles. The van der Waals surface area contributed by atoms with Crippen LogP contribution in [-0.2, 0) is 6.61 Å². The number of hydrogen-bond donors (Lipinski definition) is 0. The molecule has 0 saturated carbocycles. The maximum Gasteiger partial charge on any atom is 0.269 e. The first-order valence-electron chi connectivity index (χ1n) is 9.09. The lowest BCUT2D eigenvalue weighted by atomic mass is 10.1. The molecular weight excluding hydrogens is 441 g/mol. The molecule has 0 amide bonds. The van der Waals surface area contributed by atoms with Crippen LogP contribution in [0.4, 0.5) is 5.69 Å². The van der Waals surface area contributed by atoms with Crippen LogP contribution in [-0.4, -0.2) is 17.8 Å². The Morgan fingerprint density at radius 3 is 2.45 bits per heavy atom. The molecule has 0 saturated heterocycles. The fraction of sp³-hybridized carbons (Fsp3) is 0.0870. The van der Waals surface area contributed by atoms with E-state index in [0.717, 1.165) is 11.1 Å². The zero-order valence-corrected chi connectivity index (χ0v) is 17.9. The van der Waals surface area contributed by atoms with Crippen molar-refractivity contribution in [3.05, 3.63) is 104 Å². The van der Waals surface area contributed by atoms with E-state index in [1.165, 1.54) is 36.4 Å². The van der Waals surface area contributed by atoms with Gasteiger partial charge in [0, 0.05) is 28.3 Å². The Morgan fingerprint density at radius 2 is 1.81 bits per heavy atom. The first-order chi connectivity index (χ1) is 14.9. The number of nitrogens with zero attached hydrogens (tertiary/aromatic N) is 1. The van der Waals surface area contributed by atoms with Crippen molar-refractivity contribution in [1.29, 1.82) is 0 Å². The molecule has 0 N–H and O–H groups in total. The highest BCUT2D eigenvalue weighted by atomic mass is 35.5. The number of allylic oxidation sites excluding steroid dienone is 1. The normalized spacial score (nSPS) is 10.8. The second kappa shape index (κ2) is 10.1. The van der Waals surface area contributed by atoms with E-state index in [1.54, 1.807) is 31.4 Å². The average Bonchev–Trinajstić information content (AvgIpc) is 2.76. The summed E-state index contributed by atoms with van der Waals surface area (Å²) < 4.78 is 11.1. The summed E-state index contributed by atoms with van der Waals surface area (Å²) in [5.41, 5.74) is 1.86. The Balaban J connectivity index is 1.74. The summed E-state index contributed by atoms with van der Waals surface area (Å²) in [6.45, 7) is 0.180. The van der Waals surface area contributed by atoms with Crippen molar-refractivity contribution >= 4 is 40.7 Å². The molecule has 0 unspecified atom stereocenters. The molecule has 0 spiro atoms. The van der Waals surface area contributed by atoms with Gasteiger partial charge in [-0.05, 0) is 54.1 Å². The fourth-order valence-corrected chi connectivity index (χ4v) is 3.29. The summed E-state index contributed by atoms with van der Waals surface area (Å²) in [5.74, 6) is 0.855. The first kappa shape index (κ1) is 22.3. The van der Waals surface area contributed by atoms with E-state index >= 15 is 0 Å². The van der Waals surface area contributed by atoms with E-state index < -0.39 is 4.92 Å². The number of nitro groups is 1. The van der Waals surface area contributed by atoms with Crippen molar-refractivity contribution < 1.29 is 19.2 Å². The van der Waals surface area contributed by atoms with E-state index in [4.69, 9.17) is 32.7 Å². The molecule has 158 valence electrons. The maximum atomic E-state index is 12.4. The number of carbonyl (C=O) groups is 1. The molecule has 0 bridgehead atoms. The minimum absolute atomic E-state index is 0.0116. The Hall–Kier alpha value is -3.35. The lowest BCUT2D eigenvalue weighted by molar-refractivity contribution is -0.384. The molecule has 3 rings (SSSR count). The van der Waals surface area contributed by atoms with Crippen LogP contribution >= 0.6 is 23.2 Å². The summed E-state index contributed by atoms with van der Waals surface area (Å²) in [6.07, 6.45) is 3.10. The molecule has 8 heteroatoms. The predicted octanol–water partition coefficient (Wildman–Crippen LogP) is 6.39. The molecule has 31 heavy (non-hydrogen) atoms. The minimum atomic E-state index is -0.471. The predicted molar refractivity (Wildman–Crippen MR) is 120 cm³/mol. The number of rotatable bonds is 8. The third kappa shape index (κ3) is 5.84. The monoisotopic (exact) mass is 457 g/mol. The minimum Gasteiger partial charge on any atom is -0.496 e. The van der Waals surface area contributed by atoms with E-state index in [9.17, 15) is 14.9 Å². The highest BCUT2D eigenvalue weighted by molar-refractivity contribution is 6.37. The second-order valence-electron chi connectivity index (χ2n) is 6.43. The van der Waals surface area contributed by atoms with Gasteiger partial charge in [-0.25, -0.2) is 0 Å². The van der Waals surface area contributed by atoms with Crippen LogP contribution in [0, 0.1) is 10.1 Å². The second-order valence-corrected chi connectivity index (χ2v) is 7.28. The van der Waals surface area contributed by atoms with Gasteiger partial charge in [-0.3, -0.25) is 14.9 Å². The van der Waals surface area contributed by atoms with Crippen LogP contribution in [0.1, 0.15) is 21.5 Å². The van der Waals surface area contributed by atoms with Crippen molar-refractivity contribution in [1.82, 2.24) is 0 Å². The maximum absolute atomic E-state index is 12.4. The Kier molecular flexibility index (Phi) is 7.28. The van der Waals surface area contributed by atoms with E-state index in [-0.39, 0.29) is 23.1 Å². The molecule has 0 aliphatic carbocycles. The summed E-state index contributed by atoms with van der Waals surface area (Å²) in [6, 6.07) is 15.9. The van der Waals surface area contributed by atoms with Crippen LogP contribution in [0.2, 0.25) is 10.0 Å². The van der Waals surface area contributed by atoms with Crippen molar-refractivity contribution in [2.75, 3.05) is 7.11 Å². The van der Waals surface area contributed by atoms with Crippen LogP contribution in [0.15, 0.2) is 66.7 Å². The molecule has 0 atom stereocenters. The molecule has 3 aromatic carbocycles. The van der Waals surface area contributed by atoms with Gasteiger partial charge < -0.3 is 9.47 Å². The molecule has 3 aromatic rings. The fourth-order valence-electron chi connectivity index (χ4n) is 2.79. The molecule has 6 nitrogen and oxygen atoms in total. The number of halogens is 2. The van der Waals surface area contributed by atoms with Crippen molar-refractivity contribution in [3.63, 3.8) is 0 Å². The lowest BCUT2D eigenvalue weighted by Crippen LogP contribution is -2.00. The van der Waals surface area contributed by atoms with Gasteiger partial charge in [0.2, 0.25) is 0 Å². The largest absolute Gasteiger partial charge is 0.496 e. The van der Waals surface area contributed by atoms with E-state index in [1.807, 2.05) is 12.1 Å². The van der Waals surface area contributed by atoms with Crippen LogP contribution in [0.25, 0.3) is 6.08 Å². The highest BCUT2D eigenvalue weighted by Crippen LogP contribution is 2.25. The molecule has 0 fully saturated rings. The Morgan fingerprint density at radius 1 is 1.06 bits per heavy atom. The summed E-state index contributed by atoms with van der Waals surface area (Å²) in [7, 11) is 1.55. The van der Waals surface area contributed by atoms with Crippen molar-refractivity contribution in [2.24, 2.45) is 0 Å². The number of carbonyl (C=O) groups excluding carboxylic acids is 1. The summed E-state index contributed by atoms with van der Waals surface area (Å²) >= 11 is 12.0. The standard InChI is InChI=1S/C23H17Cl2NO5/c1-30-23-11-3-15(2-10-22(27)20-9-4-17(24)13-21(20)25)12-16(23)14-31-19-7-5-18(6-8-19)26(28)29/h2-13H,14H2,1H3/b10-2+. The third-order valence-corrected chi connectivity index (χ3v) is 4.92. The Bertz CT molecular complexity index is 1140. The SMILES string of the molecule is COc1ccc(/C=C/C(=O)c2ccc(Cl)cc2Cl)cc1COc1ccc([N+](=O)[O-])cc1. The molecule has 0 aliphatic rings. The number of ketones is 1. The quantitative estimate of drug-likeness (QED) is 0.169. The topological polar surface area (TPSA) is 78.7 Å². The van der Waals surface area contributed by atoms with Gasteiger partial charge in [-0.15, -0.1) is 0 Å². The molecule has 0 radical (unpaired) electrons. The van der Waals surface area contributed by atoms with Crippen LogP contribution in [0.5, 0.6) is 11.5 Å². The number of ether oxygens (including phenoxy) is 2. The zero-order valence-electron chi connectivity index (χ0n) is 16.4. The van der Waals surface area contributed by atoms with Gasteiger partial charge in [0.15, 0.2) is 5.78 Å². The number of non-ortho nitro benzene ring substituents is 1. The molecular formula is C23H17Cl2NO5. The van der Waals surface area contributed by atoms with Gasteiger partial charge in [-0.1, -0.05) is 35.3 Å². The number of methoxy groups -OCH3 is 1. The van der Waals surface area contributed by atoms with Gasteiger partial charge in [0.25, 0.3) is 5.69 Å². The highest BCUT2D eigenvalue weighted by Gasteiger charge is 2.10. The van der Waals surface area contributed by atoms with Gasteiger partial charge >= 0.3 is 0 Å². The smallest absolute Gasteiger partial charge is 0.269 e. The van der Waals surface area contributed by atoms with Crippen molar-refractivity contribution in [2.45, 2.75) is 6.61 Å². The Labute approximate surface area is 188 Å². The van der Waals surface area contributed by atoms with Crippen molar-refractivity contribution in [3.8, 4) is 11.5 Å². The van der Waals surface area contributed by atoms with Crippen LogP contribution in [0.3, 0.4) is 0 Å². The average molecular weight is 458 g/mol. The molecule has 0 aromatic heterocycles. The van der Waals surface area contributed by atoms with Gasteiger partial charge in [0.05, 0.1) is 17.1 Å². The van der Waals surface area contributed by atoms with Gasteiger partial charge in [0.1, 0.15) is 18.1 Å². The first-order valence-corrected chi connectivity index (χ1v) is 9.84. The number of benzene rings is 3. The van der Waals surface area contributed by atoms with E-state index in [2.05, 4.69) is 0 Å². The van der Waals surface area contributed by atoms with Gasteiger partial charge in [-0.2, -0.15) is 0 Å². The zero-order chi connectivity index (χ0) is 22.4. The summed E-state index contributed by atoms with van der Waals surface area (Å²) in [4.78, 5) is 22.7.